The minimum Gasteiger partial charge on any atom is -0.365 e. The molecule has 0 heterocycles. The molecule has 2 aromatic rings. The van der Waals surface area contributed by atoms with Crippen LogP contribution < -0.4 is 5.32 Å². The average molecular weight is 305 g/mol. The van der Waals surface area contributed by atoms with Crippen LogP contribution in [0.5, 0.6) is 0 Å². The van der Waals surface area contributed by atoms with Crippen molar-refractivity contribution in [2.24, 2.45) is 0 Å². The number of benzene rings is 2. The van der Waals surface area contributed by atoms with Crippen LogP contribution in [0.15, 0.2) is 53.0 Å². The first kappa shape index (κ1) is 12.6. The predicted octanol–water partition coefficient (Wildman–Crippen LogP) is 4.26. The minimum atomic E-state index is -0.510. The number of halogens is 2. The highest BCUT2D eigenvalue weighted by Gasteiger charge is 2.11. The molecule has 1 unspecified atom stereocenters. The molecule has 4 heteroatoms. The molecule has 2 rings (SSSR count). The highest BCUT2D eigenvalue weighted by molar-refractivity contribution is 9.10. The Bertz CT molecular complexity index is 575. The topological polar surface area (TPSA) is 35.8 Å². The zero-order valence-electron chi connectivity index (χ0n) is 9.40. The summed E-state index contributed by atoms with van der Waals surface area (Å²) in [5, 5.41) is 12.3. The quantitative estimate of drug-likeness (QED) is 0.919. The Labute approximate surface area is 113 Å². The van der Waals surface area contributed by atoms with Gasteiger partial charge in [0.25, 0.3) is 0 Å². The van der Waals surface area contributed by atoms with Crippen LogP contribution >= 0.6 is 15.9 Å². The number of para-hydroxylation sites is 1. The van der Waals surface area contributed by atoms with E-state index in [2.05, 4.69) is 27.3 Å². The summed E-state index contributed by atoms with van der Waals surface area (Å²) in [4.78, 5) is 0. The summed E-state index contributed by atoms with van der Waals surface area (Å²) in [6.07, 6.45) is 0. The van der Waals surface area contributed by atoms with E-state index in [-0.39, 0.29) is 5.82 Å². The van der Waals surface area contributed by atoms with Gasteiger partial charge in [-0.15, -0.1) is 0 Å². The van der Waals surface area contributed by atoms with Gasteiger partial charge in [-0.05, 0) is 45.8 Å². The summed E-state index contributed by atoms with van der Waals surface area (Å²) in [5.74, 6) is -0.309. The van der Waals surface area contributed by atoms with Crippen molar-refractivity contribution in [2.75, 3.05) is 5.32 Å². The third-order valence-corrected chi connectivity index (χ3v) is 3.20. The van der Waals surface area contributed by atoms with Crippen LogP contribution in [0.4, 0.5) is 10.1 Å². The maximum Gasteiger partial charge on any atom is 0.140 e. The Morgan fingerprint density at radius 1 is 1.11 bits per heavy atom. The highest BCUT2D eigenvalue weighted by Crippen LogP contribution is 2.26. The van der Waals surface area contributed by atoms with Crippen molar-refractivity contribution in [1.82, 2.24) is 0 Å². The third-order valence-electron chi connectivity index (χ3n) is 2.51. The summed E-state index contributed by atoms with van der Waals surface area (Å²) in [6.45, 7) is 0. The van der Waals surface area contributed by atoms with Gasteiger partial charge in [-0.3, -0.25) is 0 Å². The molecule has 18 heavy (non-hydrogen) atoms. The SMILES string of the molecule is N#CC(Nc1ccccc1Br)c1ccc(F)cc1. The molecule has 0 radical (unpaired) electrons. The van der Waals surface area contributed by atoms with Crippen LogP contribution in [0, 0.1) is 17.1 Å². The maximum absolute atomic E-state index is 12.8. The van der Waals surface area contributed by atoms with Gasteiger partial charge in [0, 0.05) is 10.2 Å². The zero-order valence-corrected chi connectivity index (χ0v) is 11.0. The maximum atomic E-state index is 12.8. The molecule has 1 N–H and O–H groups in total. The van der Waals surface area contributed by atoms with Crippen LogP contribution in [0.2, 0.25) is 0 Å². The second kappa shape index (κ2) is 5.65. The largest absolute Gasteiger partial charge is 0.365 e. The van der Waals surface area contributed by atoms with Crippen molar-refractivity contribution >= 4 is 21.6 Å². The normalized spacial score (nSPS) is 11.6. The second-order valence-corrected chi connectivity index (χ2v) is 4.59. The van der Waals surface area contributed by atoms with Crippen LogP contribution in [-0.4, -0.2) is 0 Å². The van der Waals surface area contributed by atoms with Gasteiger partial charge >= 0.3 is 0 Å². The minimum absolute atomic E-state index is 0.309. The van der Waals surface area contributed by atoms with Crippen LogP contribution in [0.25, 0.3) is 0 Å². The predicted molar refractivity (Wildman–Crippen MR) is 72.5 cm³/mol. The van der Waals surface area contributed by atoms with Crippen LogP contribution in [0.3, 0.4) is 0 Å². The van der Waals surface area contributed by atoms with Crippen molar-refractivity contribution in [3.05, 3.63) is 64.4 Å². The first-order valence-corrected chi connectivity index (χ1v) is 6.16. The standard InChI is InChI=1S/C14H10BrFN2/c15-12-3-1-2-4-13(12)18-14(9-17)10-5-7-11(16)8-6-10/h1-8,14,18H. The molecule has 2 nitrogen and oxygen atoms in total. The monoisotopic (exact) mass is 304 g/mol. The number of hydrogen-bond acceptors (Lipinski definition) is 2. The van der Waals surface area contributed by atoms with Crippen molar-refractivity contribution in [3.63, 3.8) is 0 Å². The zero-order chi connectivity index (χ0) is 13.0. The Morgan fingerprint density at radius 2 is 1.78 bits per heavy atom. The molecule has 1 atom stereocenters. The lowest BCUT2D eigenvalue weighted by Crippen LogP contribution is -2.08. The van der Waals surface area contributed by atoms with Crippen molar-refractivity contribution < 1.29 is 4.39 Å². The molecular formula is C14H10BrFN2. The summed E-state index contributed by atoms with van der Waals surface area (Å²) in [5.41, 5.74) is 1.56. The van der Waals surface area contributed by atoms with Gasteiger partial charge in [-0.1, -0.05) is 24.3 Å². The molecule has 0 aromatic heterocycles. The molecular weight excluding hydrogens is 295 g/mol. The lowest BCUT2D eigenvalue weighted by molar-refractivity contribution is 0.627. The van der Waals surface area contributed by atoms with E-state index in [1.807, 2.05) is 24.3 Å². The van der Waals surface area contributed by atoms with Crippen molar-refractivity contribution in [2.45, 2.75) is 6.04 Å². The van der Waals surface area contributed by atoms with Gasteiger partial charge in [0.1, 0.15) is 11.9 Å². The first-order chi connectivity index (χ1) is 8.70. The van der Waals surface area contributed by atoms with Gasteiger partial charge < -0.3 is 5.32 Å². The molecule has 0 spiro atoms. The Kier molecular flexibility index (Phi) is 3.96. The summed E-state index contributed by atoms with van der Waals surface area (Å²) < 4.78 is 13.7. The fraction of sp³-hybridized carbons (Fsp3) is 0.0714. The fourth-order valence-corrected chi connectivity index (χ4v) is 1.98. The number of rotatable bonds is 3. The number of anilines is 1. The van der Waals surface area contributed by atoms with Gasteiger partial charge in [0.2, 0.25) is 0 Å². The molecule has 0 fully saturated rings. The third kappa shape index (κ3) is 2.88. The van der Waals surface area contributed by atoms with Gasteiger partial charge in [0.15, 0.2) is 0 Å². The molecule has 0 saturated carbocycles. The second-order valence-electron chi connectivity index (χ2n) is 3.74. The Hall–Kier alpha value is -1.86. The molecule has 90 valence electrons. The summed E-state index contributed by atoms with van der Waals surface area (Å²) >= 11 is 3.41. The van der Waals surface area contributed by atoms with E-state index in [0.29, 0.717) is 0 Å². The molecule has 0 amide bonds. The van der Waals surface area contributed by atoms with Crippen molar-refractivity contribution in [3.8, 4) is 6.07 Å². The lowest BCUT2D eigenvalue weighted by atomic mass is 10.1. The molecule has 0 bridgehead atoms. The highest BCUT2D eigenvalue weighted by atomic mass is 79.9. The molecule has 2 aromatic carbocycles. The smallest absolute Gasteiger partial charge is 0.140 e. The van der Waals surface area contributed by atoms with Crippen LogP contribution in [0.1, 0.15) is 11.6 Å². The van der Waals surface area contributed by atoms with Crippen LogP contribution in [-0.2, 0) is 0 Å². The van der Waals surface area contributed by atoms with Crippen molar-refractivity contribution in [1.29, 1.82) is 5.26 Å². The average Bonchev–Trinajstić information content (AvgIpc) is 2.39. The number of nitriles is 1. The Morgan fingerprint density at radius 3 is 2.39 bits per heavy atom. The molecule has 0 saturated heterocycles. The van der Waals surface area contributed by atoms with E-state index in [1.54, 1.807) is 12.1 Å². The van der Waals surface area contributed by atoms with E-state index >= 15 is 0 Å². The molecule has 0 aliphatic rings. The van der Waals surface area contributed by atoms with E-state index < -0.39 is 6.04 Å². The number of hydrogen-bond donors (Lipinski definition) is 1. The Balaban J connectivity index is 2.23. The number of nitrogens with zero attached hydrogens (tertiary/aromatic N) is 1. The summed E-state index contributed by atoms with van der Waals surface area (Å²) in [7, 11) is 0. The summed E-state index contributed by atoms with van der Waals surface area (Å²) in [6, 6.07) is 15.1. The molecule has 0 aliphatic heterocycles. The van der Waals surface area contributed by atoms with E-state index in [0.717, 1.165) is 15.7 Å². The fourth-order valence-electron chi connectivity index (χ4n) is 1.58. The lowest BCUT2D eigenvalue weighted by Gasteiger charge is -2.14. The number of nitrogens with one attached hydrogen (secondary N) is 1. The molecule has 0 aliphatic carbocycles. The van der Waals surface area contributed by atoms with E-state index in [9.17, 15) is 9.65 Å². The van der Waals surface area contributed by atoms with Gasteiger partial charge in [0.05, 0.1) is 6.07 Å². The van der Waals surface area contributed by atoms with Gasteiger partial charge in [-0.2, -0.15) is 5.26 Å². The van der Waals surface area contributed by atoms with E-state index in [1.165, 1.54) is 12.1 Å². The van der Waals surface area contributed by atoms with Gasteiger partial charge in [-0.25, -0.2) is 4.39 Å². The first-order valence-electron chi connectivity index (χ1n) is 5.37. The van der Waals surface area contributed by atoms with E-state index in [4.69, 9.17) is 0 Å².